The molecule has 0 saturated carbocycles. The fourth-order valence-electron chi connectivity index (χ4n) is 1.23. The molecule has 16 heavy (non-hydrogen) atoms. The van der Waals surface area contributed by atoms with Crippen LogP contribution in [0.4, 0.5) is 0 Å². The fraction of sp³-hybridized carbons (Fsp3) is 0.273. The van der Waals surface area contributed by atoms with E-state index in [1.807, 2.05) is 6.92 Å². The zero-order valence-electron chi connectivity index (χ0n) is 9.23. The van der Waals surface area contributed by atoms with Crippen LogP contribution in [0.1, 0.15) is 12.5 Å². The van der Waals surface area contributed by atoms with Crippen LogP contribution in [-0.2, 0) is 10.1 Å². The summed E-state index contributed by atoms with van der Waals surface area (Å²) < 4.78 is 36.4. The summed E-state index contributed by atoms with van der Waals surface area (Å²) in [6.45, 7) is 7.38. The van der Waals surface area contributed by atoms with Gasteiger partial charge in [-0.15, -0.1) is 0 Å². The van der Waals surface area contributed by atoms with E-state index in [1.54, 1.807) is 13.0 Å². The van der Waals surface area contributed by atoms with Crippen molar-refractivity contribution < 1.29 is 17.7 Å². The van der Waals surface area contributed by atoms with Crippen LogP contribution in [-0.4, -0.2) is 19.6 Å². The highest BCUT2D eigenvalue weighted by Crippen LogP contribution is 2.24. The maximum Gasteiger partial charge on any atom is 0.294 e. The molecule has 0 bridgehead atoms. The highest BCUT2D eigenvalue weighted by atomic mass is 32.2. The summed E-state index contributed by atoms with van der Waals surface area (Å²) in [5, 5.41) is 0. The van der Waals surface area contributed by atoms with Crippen molar-refractivity contribution in [3.05, 3.63) is 35.9 Å². The average Bonchev–Trinajstić information content (AvgIpc) is 2.14. The van der Waals surface area contributed by atoms with Crippen molar-refractivity contribution in [2.45, 2.75) is 18.7 Å². The second kappa shape index (κ2) is 4.67. The molecule has 5 heteroatoms. The van der Waals surface area contributed by atoms with Gasteiger partial charge >= 0.3 is 0 Å². The zero-order chi connectivity index (χ0) is 12.3. The van der Waals surface area contributed by atoms with E-state index in [4.69, 9.17) is 9.29 Å². The van der Waals surface area contributed by atoms with Gasteiger partial charge in [0.05, 0.1) is 0 Å². The van der Waals surface area contributed by atoms with Gasteiger partial charge in [0.25, 0.3) is 10.1 Å². The molecule has 0 aliphatic rings. The van der Waals surface area contributed by atoms with E-state index in [1.165, 1.54) is 12.1 Å². The van der Waals surface area contributed by atoms with Gasteiger partial charge in [-0.2, -0.15) is 8.42 Å². The molecule has 1 N–H and O–H groups in total. The smallest absolute Gasteiger partial charge is 0.294 e. The van der Waals surface area contributed by atoms with Gasteiger partial charge in [0, 0.05) is 5.56 Å². The van der Waals surface area contributed by atoms with Crippen LogP contribution >= 0.6 is 0 Å². The average molecular weight is 242 g/mol. The predicted octanol–water partition coefficient (Wildman–Crippen LogP) is 2.20. The molecule has 0 amide bonds. The van der Waals surface area contributed by atoms with Crippen molar-refractivity contribution in [3.63, 3.8) is 0 Å². The first-order valence-corrected chi connectivity index (χ1v) is 6.10. The summed E-state index contributed by atoms with van der Waals surface area (Å²) >= 11 is 0. The minimum Gasteiger partial charge on any atom is -0.489 e. The van der Waals surface area contributed by atoms with Gasteiger partial charge in [-0.25, -0.2) is 0 Å². The Bertz CT molecular complexity index is 503. The number of hydrogen-bond donors (Lipinski definition) is 1. The standard InChI is InChI=1S/C11H14O4S/c1-8(2)7-15-10-5-4-6-11(9(10)3)16(12,13)14/h4-6H,1,7H2,2-3H3,(H,12,13,14). The lowest BCUT2D eigenvalue weighted by Gasteiger charge is -2.10. The second-order valence-electron chi connectivity index (χ2n) is 3.60. The summed E-state index contributed by atoms with van der Waals surface area (Å²) in [6.07, 6.45) is 0. The van der Waals surface area contributed by atoms with Crippen LogP contribution in [0.3, 0.4) is 0 Å². The van der Waals surface area contributed by atoms with E-state index in [0.29, 0.717) is 17.9 Å². The first-order valence-electron chi connectivity index (χ1n) is 4.66. The lowest BCUT2D eigenvalue weighted by atomic mass is 10.2. The van der Waals surface area contributed by atoms with Gasteiger partial charge in [0.15, 0.2) is 0 Å². The molecule has 1 aromatic carbocycles. The van der Waals surface area contributed by atoms with Crippen LogP contribution in [0.2, 0.25) is 0 Å². The number of benzene rings is 1. The molecule has 0 aliphatic heterocycles. The number of ether oxygens (including phenoxy) is 1. The monoisotopic (exact) mass is 242 g/mol. The van der Waals surface area contributed by atoms with Gasteiger partial charge in [-0.05, 0) is 31.6 Å². The molecule has 0 spiro atoms. The van der Waals surface area contributed by atoms with Crippen molar-refractivity contribution in [3.8, 4) is 5.75 Å². The van der Waals surface area contributed by atoms with E-state index >= 15 is 0 Å². The van der Waals surface area contributed by atoms with Crippen LogP contribution in [0.25, 0.3) is 0 Å². The van der Waals surface area contributed by atoms with Gasteiger partial charge in [-0.1, -0.05) is 12.6 Å². The molecule has 4 nitrogen and oxygen atoms in total. The molecule has 1 aromatic rings. The third-order valence-electron chi connectivity index (χ3n) is 1.99. The Morgan fingerprint density at radius 1 is 1.50 bits per heavy atom. The van der Waals surface area contributed by atoms with Crippen LogP contribution in [0.15, 0.2) is 35.2 Å². The van der Waals surface area contributed by atoms with Crippen molar-refractivity contribution >= 4 is 10.1 Å². The Morgan fingerprint density at radius 2 is 2.12 bits per heavy atom. The second-order valence-corrected chi connectivity index (χ2v) is 4.99. The molecule has 0 aliphatic carbocycles. The molecule has 0 radical (unpaired) electrons. The Kier molecular flexibility index (Phi) is 3.72. The minimum atomic E-state index is -4.20. The maximum absolute atomic E-state index is 11.0. The Labute approximate surface area is 95.3 Å². The van der Waals surface area contributed by atoms with E-state index in [9.17, 15) is 8.42 Å². The predicted molar refractivity (Wildman–Crippen MR) is 61.3 cm³/mol. The molecule has 0 atom stereocenters. The van der Waals surface area contributed by atoms with Crippen molar-refractivity contribution in [1.82, 2.24) is 0 Å². The van der Waals surface area contributed by atoms with Crippen LogP contribution in [0, 0.1) is 6.92 Å². The first-order chi connectivity index (χ1) is 7.32. The van der Waals surface area contributed by atoms with Crippen molar-refractivity contribution in [2.75, 3.05) is 6.61 Å². The Morgan fingerprint density at radius 3 is 2.62 bits per heavy atom. The van der Waals surface area contributed by atoms with Gasteiger partial charge in [0.1, 0.15) is 17.3 Å². The highest BCUT2D eigenvalue weighted by Gasteiger charge is 2.15. The van der Waals surface area contributed by atoms with Gasteiger partial charge in [0.2, 0.25) is 0 Å². The lowest BCUT2D eigenvalue weighted by molar-refractivity contribution is 0.348. The van der Waals surface area contributed by atoms with Gasteiger partial charge < -0.3 is 4.74 Å². The van der Waals surface area contributed by atoms with Crippen molar-refractivity contribution in [1.29, 1.82) is 0 Å². The summed E-state index contributed by atoms with van der Waals surface area (Å²) in [6, 6.07) is 4.50. The third kappa shape index (κ3) is 3.08. The third-order valence-corrected chi connectivity index (χ3v) is 2.98. The Balaban J connectivity index is 3.10. The number of hydrogen-bond acceptors (Lipinski definition) is 3. The molecule has 0 unspecified atom stereocenters. The topological polar surface area (TPSA) is 63.6 Å². The van der Waals surface area contributed by atoms with Gasteiger partial charge in [-0.3, -0.25) is 4.55 Å². The summed E-state index contributed by atoms with van der Waals surface area (Å²) in [7, 11) is -4.20. The molecular weight excluding hydrogens is 228 g/mol. The Hall–Kier alpha value is -1.33. The van der Waals surface area contributed by atoms with E-state index < -0.39 is 10.1 Å². The molecule has 1 rings (SSSR count). The van der Waals surface area contributed by atoms with Crippen molar-refractivity contribution in [2.24, 2.45) is 0 Å². The van der Waals surface area contributed by atoms with E-state index in [0.717, 1.165) is 5.57 Å². The summed E-state index contributed by atoms with van der Waals surface area (Å²) in [5.74, 6) is 0.429. The normalized spacial score (nSPS) is 11.2. The highest BCUT2D eigenvalue weighted by molar-refractivity contribution is 7.85. The zero-order valence-corrected chi connectivity index (χ0v) is 10.0. The molecular formula is C11H14O4S. The molecule has 0 fully saturated rings. The molecule has 0 heterocycles. The maximum atomic E-state index is 11.0. The quantitative estimate of drug-likeness (QED) is 0.649. The fourth-order valence-corrected chi connectivity index (χ4v) is 1.97. The van der Waals surface area contributed by atoms with Crippen LogP contribution < -0.4 is 4.74 Å². The summed E-state index contributed by atoms with van der Waals surface area (Å²) in [4.78, 5) is -0.133. The summed E-state index contributed by atoms with van der Waals surface area (Å²) in [5.41, 5.74) is 1.22. The SMILES string of the molecule is C=C(C)COc1cccc(S(=O)(=O)O)c1C. The van der Waals surface area contributed by atoms with E-state index in [-0.39, 0.29) is 4.90 Å². The molecule has 0 saturated heterocycles. The number of rotatable bonds is 4. The minimum absolute atomic E-state index is 0.133. The first kappa shape index (κ1) is 12.7. The lowest BCUT2D eigenvalue weighted by Crippen LogP contribution is -2.04. The largest absolute Gasteiger partial charge is 0.489 e. The molecule has 88 valence electrons. The molecule has 0 aromatic heterocycles. The van der Waals surface area contributed by atoms with E-state index in [2.05, 4.69) is 6.58 Å². The van der Waals surface area contributed by atoms with Crippen LogP contribution in [0.5, 0.6) is 5.75 Å².